The molecule has 1 saturated carbocycles. The smallest absolute Gasteiger partial charge is 0.231 e. The number of allylic oxidation sites excluding steroid dienone is 1. The van der Waals surface area contributed by atoms with Gasteiger partial charge in [-0.1, -0.05) is 37.0 Å². The van der Waals surface area contributed by atoms with Crippen molar-refractivity contribution >= 4 is 29.1 Å². The van der Waals surface area contributed by atoms with E-state index in [1.54, 1.807) is 0 Å². The lowest BCUT2D eigenvalue weighted by molar-refractivity contribution is -0.917. The number of halogens is 2. The molecule has 1 saturated heterocycles. The molecule has 2 fully saturated rings. The Labute approximate surface area is 169 Å². The zero-order chi connectivity index (χ0) is 19.2. The van der Waals surface area contributed by atoms with Gasteiger partial charge >= 0.3 is 0 Å². The molecule has 0 aromatic heterocycles. The van der Waals surface area contributed by atoms with Crippen LogP contribution in [0.4, 0.5) is 0 Å². The first-order valence-electron chi connectivity index (χ1n) is 9.40. The van der Waals surface area contributed by atoms with Crippen LogP contribution in [0.25, 0.3) is 0 Å². The largest absolute Gasteiger partial charge is 0.454 e. The minimum atomic E-state index is -0.0669. The van der Waals surface area contributed by atoms with Crippen molar-refractivity contribution < 1.29 is 19.2 Å². The summed E-state index contributed by atoms with van der Waals surface area (Å²) in [5.74, 6) is 2.00. The normalized spacial score (nSPS) is 26.0. The molecule has 2 heterocycles. The topological polar surface area (TPSA) is 43.2 Å². The summed E-state index contributed by atoms with van der Waals surface area (Å²) in [6, 6.07) is 6.13. The van der Waals surface area contributed by atoms with Crippen molar-refractivity contribution in [2.75, 3.05) is 33.0 Å². The van der Waals surface area contributed by atoms with E-state index in [0.717, 1.165) is 44.2 Å². The van der Waals surface area contributed by atoms with Gasteiger partial charge in [-0.05, 0) is 35.6 Å². The summed E-state index contributed by atoms with van der Waals surface area (Å²) in [7, 11) is 0. The summed E-state index contributed by atoms with van der Waals surface area (Å²) < 4.78 is 11.1. The lowest BCUT2D eigenvalue weighted by atomic mass is 10.1. The van der Waals surface area contributed by atoms with E-state index >= 15 is 0 Å². The molecule has 3 aliphatic rings. The monoisotopic (exact) mass is 411 g/mol. The van der Waals surface area contributed by atoms with E-state index in [9.17, 15) is 4.79 Å². The Balaban J connectivity index is 1.31. The van der Waals surface area contributed by atoms with Gasteiger partial charge in [-0.3, -0.25) is 4.79 Å². The molecule has 0 spiro atoms. The highest BCUT2D eigenvalue weighted by Gasteiger charge is 2.61. The van der Waals surface area contributed by atoms with E-state index in [-0.39, 0.29) is 27.6 Å². The average Bonchev–Trinajstić information content (AvgIpc) is 2.96. The number of hydrogen-bond acceptors (Lipinski definition) is 3. The first-order chi connectivity index (χ1) is 12.9. The molecular weight excluding hydrogens is 387 g/mol. The molecule has 2 atom stereocenters. The Morgan fingerprint density at radius 3 is 2.67 bits per heavy atom. The highest BCUT2D eigenvalue weighted by Crippen LogP contribution is 2.60. The Morgan fingerprint density at radius 2 is 1.96 bits per heavy atom. The van der Waals surface area contributed by atoms with Gasteiger partial charge in [0.05, 0.1) is 32.1 Å². The van der Waals surface area contributed by atoms with Crippen molar-refractivity contribution in [1.82, 2.24) is 4.90 Å². The van der Waals surface area contributed by atoms with E-state index in [1.165, 1.54) is 10.5 Å². The number of fused-ring (bicyclic) bond motifs is 1. The highest BCUT2D eigenvalue weighted by atomic mass is 35.5. The SMILES string of the molecule is CC1(C)[C@H](C=C(Cl)Cl)[C@H]1C(=O)N1CC[NH+](Cc2ccc3c(c2)OCO3)CC1. The molecule has 4 rings (SSSR count). The van der Waals surface area contributed by atoms with Crippen molar-refractivity contribution in [3.8, 4) is 11.5 Å². The van der Waals surface area contributed by atoms with Crippen molar-refractivity contribution in [3.05, 3.63) is 34.3 Å². The van der Waals surface area contributed by atoms with Crippen LogP contribution in [-0.2, 0) is 11.3 Å². The molecule has 27 heavy (non-hydrogen) atoms. The molecule has 0 unspecified atom stereocenters. The maximum absolute atomic E-state index is 12.9. The molecular formula is C20H25Cl2N2O3+. The van der Waals surface area contributed by atoms with Gasteiger partial charge in [-0.15, -0.1) is 0 Å². The van der Waals surface area contributed by atoms with Crippen LogP contribution in [0.1, 0.15) is 19.4 Å². The van der Waals surface area contributed by atoms with Gasteiger partial charge in [-0.25, -0.2) is 0 Å². The average molecular weight is 412 g/mol. The Morgan fingerprint density at radius 1 is 1.26 bits per heavy atom. The van der Waals surface area contributed by atoms with E-state index in [1.807, 2.05) is 17.0 Å². The van der Waals surface area contributed by atoms with Crippen LogP contribution < -0.4 is 14.4 Å². The predicted molar refractivity (Wildman–Crippen MR) is 104 cm³/mol. The molecule has 1 aromatic rings. The van der Waals surface area contributed by atoms with Gasteiger partial charge < -0.3 is 19.3 Å². The number of benzene rings is 1. The molecule has 0 bridgehead atoms. The number of quaternary nitrogens is 1. The highest BCUT2D eigenvalue weighted by molar-refractivity contribution is 6.55. The van der Waals surface area contributed by atoms with Crippen LogP contribution in [0.3, 0.4) is 0 Å². The van der Waals surface area contributed by atoms with Crippen molar-refractivity contribution in [1.29, 1.82) is 0 Å². The van der Waals surface area contributed by atoms with E-state index in [0.29, 0.717) is 6.79 Å². The van der Waals surface area contributed by atoms with Crippen molar-refractivity contribution in [3.63, 3.8) is 0 Å². The number of nitrogens with zero attached hydrogens (tertiary/aromatic N) is 1. The molecule has 1 N–H and O–H groups in total. The second-order valence-corrected chi connectivity index (χ2v) is 9.23. The molecule has 1 amide bonds. The number of ether oxygens (including phenoxy) is 2. The van der Waals surface area contributed by atoms with E-state index < -0.39 is 0 Å². The number of nitrogens with one attached hydrogen (secondary N) is 1. The van der Waals surface area contributed by atoms with Gasteiger partial charge in [0.2, 0.25) is 12.7 Å². The molecule has 5 nitrogen and oxygen atoms in total. The first-order valence-corrected chi connectivity index (χ1v) is 10.2. The number of carbonyl (C=O) groups is 1. The van der Waals surface area contributed by atoms with Gasteiger partial charge in [0.15, 0.2) is 11.5 Å². The van der Waals surface area contributed by atoms with Crippen LogP contribution in [0, 0.1) is 17.3 Å². The molecule has 146 valence electrons. The quantitative estimate of drug-likeness (QED) is 0.825. The Hall–Kier alpha value is -1.43. The Kier molecular flexibility index (Phi) is 5.04. The summed E-state index contributed by atoms with van der Waals surface area (Å²) >= 11 is 11.6. The third-order valence-electron chi connectivity index (χ3n) is 6.16. The number of piperazine rings is 1. The minimum Gasteiger partial charge on any atom is -0.454 e. The summed E-state index contributed by atoms with van der Waals surface area (Å²) in [5.41, 5.74) is 1.17. The molecule has 2 aliphatic heterocycles. The Bertz CT molecular complexity index is 768. The van der Waals surface area contributed by atoms with Gasteiger partial charge in [0.1, 0.15) is 11.0 Å². The molecule has 1 aromatic carbocycles. The van der Waals surface area contributed by atoms with Crippen LogP contribution >= 0.6 is 23.2 Å². The number of carbonyl (C=O) groups excluding carboxylic acids is 1. The number of rotatable bonds is 4. The number of hydrogen-bond donors (Lipinski definition) is 1. The third-order valence-corrected chi connectivity index (χ3v) is 6.41. The first kappa shape index (κ1) is 18.9. The molecule has 1 aliphatic carbocycles. The molecule has 7 heteroatoms. The van der Waals surface area contributed by atoms with Crippen molar-refractivity contribution in [2.45, 2.75) is 20.4 Å². The second kappa shape index (κ2) is 7.19. The summed E-state index contributed by atoms with van der Waals surface area (Å²) in [6.45, 7) is 8.92. The van der Waals surface area contributed by atoms with Gasteiger partial charge in [0, 0.05) is 5.56 Å². The van der Waals surface area contributed by atoms with E-state index in [4.69, 9.17) is 32.7 Å². The maximum atomic E-state index is 12.9. The molecule has 0 radical (unpaired) electrons. The van der Waals surface area contributed by atoms with Crippen LogP contribution in [0.15, 0.2) is 28.8 Å². The fraction of sp³-hybridized carbons (Fsp3) is 0.550. The third kappa shape index (κ3) is 3.78. The zero-order valence-corrected chi connectivity index (χ0v) is 17.1. The van der Waals surface area contributed by atoms with Crippen LogP contribution in [0.2, 0.25) is 0 Å². The van der Waals surface area contributed by atoms with E-state index in [2.05, 4.69) is 26.0 Å². The summed E-state index contributed by atoms with van der Waals surface area (Å²) in [5, 5.41) is 0. The zero-order valence-electron chi connectivity index (χ0n) is 15.6. The second-order valence-electron chi connectivity index (χ2n) is 8.22. The van der Waals surface area contributed by atoms with Crippen LogP contribution in [0.5, 0.6) is 11.5 Å². The minimum absolute atomic E-state index is 0.0135. The standard InChI is InChI=1S/C20H24Cl2N2O3/c1-20(2)14(10-17(21)22)18(20)19(25)24-7-5-23(6-8-24)11-13-3-4-15-16(9-13)27-12-26-15/h3-4,9-10,14,18H,5-8,11-12H2,1-2H3/p+1/t14-,18+/m1/s1. The lowest BCUT2D eigenvalue weighted by Gasteiger charge is -2.32. The van der Waals surface area contributed by atoms with Crippen molar-refractivity contribution in [2.24, 2.45) is 17.3 Å². The maximum Gasteiger partial charge on any atom is 0.231 e. The summed E-state index contributed by atoms with van der Waals surface area (Å²) in [6.07, 6.45) is 1.81. The van der Waals surface area contributed by atoms with Gasteiger partial charge in [0.25, 0.3) is 0 Å². The fourth-order valence-electron chi connectivity index (χ4n) is 4.35. The van der Waals surface area contributed by atoms with Gasteiger partial charge in [-0.2, -0.15) is 0 Å². The summed E-state index contributed by atoms with van der Waals surface area (Å²) in [4.78, 5) is 16.4. The lowest BCUT2D eigenvalue weighted by Crippen LogP contribution is -3.13. The number of amides is 1. The predicted octanol–water partition coefficient (Wildman–Crippen LogP) is 2.23. The van der Waals surface area contributed by atoms with Crippen LogP contribution in [-0.4, -0.2) is 43.8 Å². The fourth-order valence-corrected chi connectivity index (χ4v) is 4.62.